The normalized spacial score (nSPS) is 17.2. The number of piperazine rings is 1. The van der Waals surface area contributed by atoms with Gasteiger partial charge in [-0.25, -0.2) is 4.79 Å². The van der Waals surface area contributed by atoms with E-state index in [1.165, 1.54) is 12.1 Å². The van der Waals surface area contributed by atoms with Crippen LogP contribution in [0.1, 0.15) is 24.2 Å². The van der Waals surface area contributed by atoms with Gasteiger partial charge in [-0.05, 0) is 19.9 Å². The van der Waals surface area contributed by atoms with Crippen LogP contribution in [0.3, 0.4) is 0 Å². The van der Waals surface area contributed by atoms with Crippen molar-refractivity contribution in [1.29, 1.82) is 0 Å². The Morgan fingerprint density at radius 3 is 2.71 bits per heavy atom. The van der Waals surface area contributed by atoms with Crippen LogP contribution in [-0.2, 0) is 4.79 Å². The number of carbonyl (C=O) groups excluding carboxylic acids is 1. The maximum Gasteiger partial charge on any atom is 0.338 e. The van der Waals surface area contributed by atoms with Crippen molar-refractivity contribution in [2.24, 2.45) is 0 Å². The van der Waals surface area contributed by atoms with E-state index < -0.39 is 16.4 Å². The number of hydrogen-bond donors (Lipinski definition) is 2. The van der Waals surface area contributed by atoms with Crippen LogP contribution in [0.25, 0.3) is 0 Å². The molecule has 1 aliphatic rings. The first-order valence-electron chi connectivity index (χ1n) is 6.33. The standard InChI is InChI=1S/C13H15N3O5/c1-13(2)12(19)14-5-6-15(13)10-4-3-8(16(20)21)7-9(10)11(17)18/h3-4,7H,5-6H2,1-2H3,(H,14,19)(H,17,18). The fraction of sp³-hybridized carbons (Fsp3) is 0.385. The third-order valence-corrected chi connectivity index (χ3v) is 3.56. The zero-order valence-electron chi connectivity index (χ0n) is 11.6. The average Bonchev–Trinajstić information content (AvgIpc) is 2.41. The summed E-state index contributed by atoms with van der Waals surface area (Å²) in [5.41, 5.74) is -1.12. The summed E-state index contributed by atoms with van der Waals surface area (Å²) in [5.74, 6) is -1.49. The minimum atomic E-state index is -1.27. The van der Waals surface area contributed by atoms with Crippen LogP contribution in [0.4, 0.5) is 11.4 Å². The lowest BCUT2D eigenvalue weighted by molar-refractivity contribution is -0.384. The second-order valence-electron chi connectivity index (χ2n) is 5.23. The van der Waals surface area contributed by atoms with Gasteiger partial charge in [0.2, 0.25) is 5.91 Å². The maximum absolute atomic E-state index is 11.9. The molecular formula is C13H15N3O5. The third-order valence-electron chi connectivity index (χ3n) is 3.56. The SMILES string of the molecule is CC1(C)C(=O)NCCN1c1ccc([N+](=O)[O-])cc1C(=O)O. The van der Waals surface area contributed by atoms with Gasteiger partial charge in [0.1, 0.15) is 5.54 Å². The van der Waals surface area contributed by atoms with E-state index in [4.69, 9.17) is 0 Å². The number of hydrogen-bond acceptors (Lipinski definition) is 5. The molecule has 0 aliphatic carbocycles. The molecule has 21 heavy (non-hydrogen) atoms. The molecule has 1 amide bonds. The van der Waals surface area contributed by atoms with E-state index in [1.807, 2.05) is 0 Å². The first-order valence-corrected chi connectivity index (χ1v) is 6.33. The number of benzene rings is 1. The molecule has 0 spiro atoms. The fourth-order valence-electron chi connectivity index (χ4n) is 2.37. The molecule has 8 heteroatoms. The Bertz CT molecular complexity index is 626. The summed E-state index contributed by atoms with van der Waals surface area (Å²) in [6.07, 6.45) is 0. The Kier molecular flexibility index (Phi) is 3.54. The second-order valence-corrected chi connectivity index (χ2v) is 5.23. The van der Waals surface area contributed by atoms with Gasteiger partial charge in [-0.1, -0.05) is 0 Å². The van der Waals surface area contributed by atoms with Crippen LogP contribution < -0.4 is 10.2 Å². The number of nitrogens with one attached hydrogen (secondary N) is 1. The van der Waals surface area contributed by atoms with Crippen molar-refractivity contribution in [3.05, 3.63) is 33.9 Å². The molecule has 2 rings (SSSR count). The summed E-state index contributed by atoms with van der Waals surface area (Å²) in [6, 6.07) is 3.63. The molecule has 2 N–H and O–H groups in total. The summed E-state index contributed by atoms with van der Waals surface area (Å²) in [5, 5.41) is 22.8. The maximum atomic E-state index is 11.9. The molecule has 0 aromatic heterocycles. The van der Waals surface area contributed by atoms with E-state index in [-0.39, 0.29) is 17.2 Å². The van der Waals surface area contributed by atoms with Gasteiger partial charge in [0.25, 0.3) is 5.69 Å². The van der Waals surface area contributed by atoms with Gasteiger partial charge in [0.05, 0.1) is 16.2 Å². The van der Waals surface area contributed by atoms with Gasteiger partial charge in [0.15, 0.2) is 0 Å². The highest BCUT2D eigenvalue weighted by atomic mass is 16.6. The van der Waals surface area contributed by atoms with Gasteiger partial charge in [-0.2, -0.15) is 0 Å². The van der Waals surface area contributed by atoms with Crippen LogP contribution in [-0.4, -0.2) is 40.5 Å². The Morgan fingerprint density at radius 1 is 1.48 bits per heavy atom. The van der Waals surface area contributed by atoms with E-state index in [1.54, 1.807) is 18.7 Å². The van der Waals surface area contributed by atoms with Crippen molar-refractivity contribution in [2.75, 3.05) is 18.0 Å². The van der Waals surface area contributed by atoms with Crippen LogP contribution in [0.15, 0.2) is 18.2 Å². The fourth-order valence-corrected chi connectivity index (χ4v) is 2.37. The summed E-state index contributed by atoms with van der Waals surface area (Å²) in [7, 11) is 0. The van der Waals surface area contributed by atoms with Crippen LogP contribution >= 0.6 is 0 Å². The molecule has 1 aromatic rings. The van der Waals surface area contributed by atoms with Crippen LogP contribution in [0.5, 0.6) is 0 Å². The Labute approximate surface area is 120 Å². The zero-order valence-corrected chi connectivity index (χ0v) is 11.6. The summed E-state index contributed by atoms with van der Waals surface area (Å²) < 4.78 is 0. The predicted molar refractivity (Wildman–Crippen MR) is 74.5 cm³/mol. The van der Waals surface area contributed by atoms with E-state index >= 15 is 0 Å². The first kappa shape index (κ1) is 14.8. The number of carboxylic acids is 1. The highest BCUT2D eigenvalue weighted by molar-refractivity contribution is 5.98. The molecule has 1 aromatic carbocycles. The molecule has 8 nitrogen and oxygen atoms in total. The number of non-ortho nitro benzene ring substituents is 1. The quantitative estimate of drug-likeness (QED) is 0.635. The predicted octanol–water partition coefficient (Wildman–Crippen LogP) is 1.01. The van der Waals surface area contributed by atoms with Gasteiger partial charge < -0.3 is 15.3 Å². The molecular weight excluding hydrogens is 278 g/mol. The number of nitro benzene ring substituents is 1. The average molecular weight is 293 g/mol. The van der Waals surface area contributed by atoms with Gasteiger partial charge in [0, 0.05) is 25.2 Å². The molecule has 0 radical (unpaired) electrons. The number of nitro groups is 1. The second kappa shape index (κ2) is 5.04. The topological polar surface area (TPSA) is 113 Å². The van der Waals surface area contributed by atoms with Crippen LogP contribution in [0.2, 0.25) is 0 Å². The Hall–Kier alpha value is -2.64. The Balaban J connectivity index is 2.55. The van der Waals surface area contributed by atoms with Crippen molar-refractivity contribution in [3.8, 4) is 0 Å². The highest BCUT2D eigenvalue weighted by Gasteiger charge is 2.39. The molecule has 1 fully saturated rings. The molecule has 1 aliphatic heterocycles. The number of anilines is 1. The molecule has 0 atom stereocenters. The monoisotopic (exact) mass is 293 g/mol. The smallest absolute Gasteiger partial charge is 0.338 e. The van der Waals surface area contributed by atoms with Crippen molar-refractivity contribution < 1.29 is 19.6 Å². The summed E-state index contributed by atoms with van der Waals surface area (Å²) in [6.45, 7) is 4.16. The largest absolute Gasteiger partial charge is 0.478 e. The summed E-state index contributed by atoms with van der Waals surface area (Å²) in [4.78, 5) is 35.1. The summed E-state index contributed by atoms with van der Waals surface area (Å²) >= 11 is 0. The van der Waals surface area contributed by atoms with Crippen LogP contribution in [0, 0.1) is 10.1 Å². The molecule has 0 saturated carbocycles. The van der Waals surface area contributed by atoms with Gasteiger partial charge in [-0.15, -0.1) is 0 Å². The lowest BCUT2D eigenvalue weighted by Crippen LogP contribution is -2.62. The van der Waals surface area contributed by atoms with E-state index in [2.05, 4.69) is 5.32 Å². The zero-order chi connectivity index (χ0) is 15.8. The molecule has 0 bridgehead atoms. The van der Waals surface area contributed by atoms with Crippen molar-refractivity contribution in [2.45, 2.75) is 19.4 Å². The highest BCUT2D eigenvalue weighted by Crippen LogP contribution is 2.31. The van der Waals surface area contributed by atoms with E-state index in [0.717, 1.165) is 6.07 Å². The lowest BCUT2D eigenvalue weighted by atomic mass is 9.96. The van der Waals surface area contributed by atoms with Gasteiger partial charge in [-0.3, -0.25) is 14.9 Å². The first-order chi connectivity index (χ1) is 9.75. The van der Waals surface area contributed by atoms with E-state index in [9.17, 15) is 24.8 Å². The number of carbonyl (C=O) groups is 2. The Morgan fingerprint density at radius 2 is 2.14 bits per heavy atom. The molecule has 112 valence electrons. The minimum absolute atomic E-state index is 0.188. The van der Waals surface area contributed by atoms with Crippen molar-refractivity contribution in [3.63, 3.8) is 0 Å². The van der Waals surface area contributed by atoms with Gasteiger partial charge >= 0.3 is 5.97 Å². The minimum Gasteiger partial charge on any atom is -0.478 e. The number of nitrogens with zero attached hydrogens (tertiary/aromatic N) is 2. The molecule has 1 saturated heterocycles. The molecule has 1 heterocycles. The number of rotatable bonds is 3. The van der Waals surface area contributed by atoms with Crippen molar-refractivity contribution >= 4 is 23.3 Å². The van der Waals surface area contributed by atoms with Crippen molar-refractivity contribution in [1.82, 2.24) is 5.32 Å². The van der Waals surface area contributed by atoms with E-state index in [0.29, 0.717) is 18.8 Å². The molecule has 0 unspecified atom stereocenters. The third kappa shape index (κ3) is 2.51. The number of aromatic carboxylic acids is 1. The number of carboxylic acid groups (broad SMARTS) is 1. The lowest BCUT2D eigenvalue weighted by Gasteiger charge is -2.43. The number of amides is 1.